The van der Waals surface area contributed by atoms with Crippen molar-refractivity contribution in [2.75, 3.05) is 13.1 Å². The number of nitrogens with one attached hydrogen (secondary N) is 1. The van der Waals surface area contributed by atoms with Crippen molar-refractivity contribution in [1.82, 2.24) is 20.0 Å². The van der Waals surface area contributed by atoms with Crippen LogP contribution in [0.3, 0.4) is 0 Å². The summed E-state index contributed by atoms with van der Waals surface area (Å²) < 4.78 is 1.90. The maximum atomic E-state index is 13.2. The van der Waals surface area contributed by atoms with Gasteiger partial charge in [0.05, 0.1) is 23.1 Å². The van der Waals surface area contributed by atoms with Gasteiger partial charge < -0.3 is 5.32 Å². The number of benzene rings is 2. The van der Waals surface area contributed by atoms with Crippen LogP contribution in [-0.2, 0) is 6.54 Å². The zero-order chi connectivity index (χ0) is 21.4. The molecule has 2 aliphatic rings. The van der Waals surface area contributed by atoms with Crippen LogP contribution in [0.15, 0.2) is 54.7 Å². The maximum Gasteiger partial charge on any atom is 0.255 e. The lowest BCUT2D eigenvalue weighted by Crippen LogP contribution is -2.37. The summed E-state index contributed by atoms with van der Waals surface area (Å²) in [6.07, 6.45) is 4.88. The SMILES string of the molecule is Cc1ccc(-n2ncc(C(=O)NC3CCN(Cc4ccccc4)C3)c2C2CC2)cc1Cl. The third-order valence-corrected chi connectivity index (χ3v) is 6.68. The molecule has 5 rings (SSSR count). The molecule has 1 atom stereocenters. The van der Waals surface area contributed by atoms with Crippen LogP contribution in [-0.4, -0.2) is 39.7 Å². The Bertz CT molecular complexity index is 1090. The molecule has 160 valence electrons. The van der Waals surface area contributed by atoms with Crippen molar-refractivity contribution in [3.63, 3.8) is 0 Å². The second kappa shape index (κ2) is 8.48. The van der Waals surface area contributed by atoms with E-state index in [1.165, 1.54) is 5.56 Å². The molecule has 1 unspecified atom stereocenters. The quantitative estimate of drug-likeness (QED) is 0.611. The van der Waals surface area contributed by atoms with Gasteiger partial charge in [0, 0.05) is 36.6 Å². The fourth-order valence-corrected chi connectivity index (χ4v) is 4.58. The number of aryl methyl sites for hydroxylation is 1. The molecule has 6 heteroatoms. The van der Waals surface area contributed by atoms with Crippen LogP contribution >= 0.6 is 11.6 Å². The highest BCUT2D eigenvalue weighted by molar-refractivity contribution is 6.31. The molecule has 0 radical (unpaired) electrons. The number of hydrogen-bond acceptors (Lipinski definition) is 3. The summed E-state index contributed by atoms with van der Waals surface area (Å²) in [5.41, 5.74) is 4.96. The fraction of sp³-hybridized carbons (Fsp3) is 0.360. The van der Waals surface area contributed by atoms with Crippen molar-refractivity contribution in [3.05, 3.63) is 82.1 Å². The number of nitrogens with zero attached hydrogens (tertiary/aromatic N) is 3. The minimum atomic E-state index is -0.0158. The zero-order valence-electron chi connectivity index (χ0n) is 17.7. The summed E-state index contributed by atoms with van der Waals surface area (Å²) in [5, 5.41) is 8.54. The highest BCUT2D eigenvalue weighted by Gasteiger charge is 2.34. The number of carbonyl (C=O) groups is 1. The molecule has 31 heavy (non-hydrogen) atoms. The van der Waals surface area contributed by atoms with Crippen LogP contribution in [0, 0.1) is 6.92 Å². The van der Waals surface area contributed by atoms with Crippen molar-refractivity contribution in [2.24, 2.45) is 0 Å². The van der Waals surface area contributed by atoms with Gasteiger partial charge in [0.15, 0.2) is 0 Å². The average Bonchev–Trinajstić information content (AvgIpc) is 3.36. The minimum Gasteiger partial charge on any atom is -0.348 e. The number of amides is 1. The zero-order valence-corrected chi connectivity index (χ0v) is 18.5. The van der Waals surface area contributed by atoms with Crippen LogP contribution in [0.2, 0.25) is 5.02 Å². The lowest BCUT2D eigenvalue weighted by molar-refractivity contribution is 0.0936. The average molecular weight is 435 g/mol. The summed E-state index contributed by atoms with van der Waals surface area (Å²) in [4.78, 5) is 15.6. The normalized spacial score (nSPS) is 19.0. The Morgan fingerprint density at radius 3 is 2.71 bits per heavy atom. The predicted molar refractivity (Wildman–Crippen MR) is 123 cm³/mol. The summed E-state index contributed by atoms with van der Waals surface area (Å²) in [7, 11) is 0. The lowest BCUT2D eigenvalue weighted by Gasteiger charge is -2.17. The summed E-state index contributed by atoms with van der Waals surface area (Å²) in [6, 6.07) is 16.6. The van der Waals surface area contributed by atoms with Crippen molar-refractivity contribution in [3.8, 4) is 5.69 Å². The molecule has 1 aliphatic carbocycles. The number of likely N-dealkylation sites (tertiary alicyclic amines) is 1. The third kappa shape index (κ3) is 4.39. The standard InChI is InChI=1S/C25H27ClN4O/c1-17-7-10-21(13-23(17)26)30-24(19-8-9-19)22(14-27-30)25(31)28-20-11-12-29(16-20)15-18-5-3-2-4-6-18/h2-7,10,13-14,19-20H,8-9,11-12,15-16H2,1H3,(H,28,31). The van der Waals surface area contributed by atoms with Gasteiger partial charge in [-0.15, -0.1) is 0 Å². The van der Waals surface area contributed by atoms with Crippen LogP contribution < -0.4 is 5.32 Å². The lowest BCUT2D eigenvalue weighted by atomic mass is 10.1. The van der Waals surface area contributed by atoms with E-state index < -0.39 is 0 Å². The fourth-order valence-electron chi connectivity index (χ4n) is 4.40. The van der Waals surface area contributed by atoms with E-state index in [0.29, 0.717) is 16.5 Å². The Morgan fingerprint density at radius 2 is 1.97 bits per heavy atom. The molecule has 1 saturated heterocycles. The van der Waals surface area contributed by atoms with Crippen molar-refractivity contribution in [1.29, 1.82) is 0 Å². The molecule has 1 aromatic heterocycles. The van der Waals surface area contributed by atoms with Crippen molar-refractivity contribution in [2.45, 2.75) is 44.7 Å². The van der Waals surface area contributed by atoms with E-state index in [-0.39, 0.29) is 11.9 Å². The van der Waals surface area contributed by atoms with Gasteiger partial charge in [0.2, 0.25) is 0 Å². The van der Waals surface area contributed by atoms with Gasteiger partial charge in [0.1, 0.15) is 0 Å². The molecule has 3 aromatic rings. The van der Waals surface area contributed by atoms with Crippen LogP contribution in [0.5, 0.6) is 0 Å². The highest BCUT2D eigenvalue weighted by atomic mass is 35.5. The molecule has 5 nitrogen and oxygen atoms in total. The monoisotopic (exact) mass is 434 g/mol. The molecule has 1 saturated carbocycles. The van der Waals surface area contributed by atoms with Gasteiger partial charge in [-0.25, -0.2) is 4.68 Å². The molecule has 0 spiro atoms. The Kier molecular flexibility index (Phi) is 5.55. The number of carbonyl (C=O) groups excluding carboxylic acids is 1. The van der Waals surface area contributed by atoms with Crippen LogP contribution in [0.25, 0.3) is 5.69 Å². The van der Waals surface area contributed by atoms with Gasteiger partial charge in [-0.1, -0.05) is 48.0 Å². The summed E-state index contributed by atoms with van der Waals surface area (Å²) in [5.74, 6) is 0.374. The number of rotatable bonds is 6. The smallest absolute Gasteiger partial charge is 0.255 e. The van der Waals surface area contributed by atoms with Crippen molar-refractivity contribution >= 4 is 17.5 Å². The molecule has 0 bridgehead atoms. The van der Waals surface area contributed by atoms with Crippen LogP contribution in [0.4, 0.5) is 0 Å². The van der Waals surface area contributed by atoms with Gasteiger partial charge in [-0.2, -0.15) is 5.10 Å². The van der Waals surface area contributed by atoms with E-state index in [9.17, 15) is 4.79 Å². The van der Waals surface area contributed by atoms with E-state index in [1.54, 1.807) is 6.20 Å². The van der Waals surface area contributed by atoms with Crippen molar-refractivity contribution < 1.29 is 4.79 Å². The van der Waals surface area contributed by atoms with Gasteiger partial charge >= 0.3 is 0 Å². The minimum absolute atomic E-state index is 0.0158. The van der Waals surface area contributed by atoms with Crippen LogP contribution in [0.1, 0.15) is 52.4 Å². The van der Waals surface area contributed by atoms with Gasteiger partial charge in [-0.3, -0.25) is 9.69 Å². The first-order valence-corrected chi connectivity index (χ1v) is 11.4. The number of hydrogen-bond donors (Lipinski definition) is 1. The molecule has 1 aliphatic heterocycles. The Balaban J connectivity index is 1.30. The Morgan fingerprint density at radius 1 is 1.16 bits per heavy atom. The predicted octanol–water partition coefficient (Wildman–Crippen LogP) is 4.72. The number of halogens is 1. The highest BCUT2D eigenvalue weighted by Crippen LogP contribution is 2.42. The molecule has 2 heterocycles. The van der Waals surface area contributed by atoms with E-state index in [0.717, 1.165) is 55.8 Å². The molecule has 2 aromatic carbocycles. The largest absolute Gasteiger partial charge is 0.348 e. The molecule has 2 fully saturated rings. The van der Waals surface area contributed by atoms with E-state index in [1.807, 2.05) is 35.9 Å². The topological polar surface area (TPSA) is 50.2 Å². The first-order chi connectivity index (χ1) is 15.1. The van der Waals surface area contributed by atoms with E-state index >= 15 is 0 Å². The summed E-state index contributed by atoms with van der Waals surface area (Å²) >= 11 is 6.34. The Hall–Kier alpha value is -2.63. The first kappa shape index (κ1) is 20.3. The van der Waals surface area contributed by atoms with E-state index in [2.05, 4.69) is 39.6 Å². The maximum absolute atomic E-state index is 13.2. The van der Waals surface area contributed by atoms with Gasteiger partial charge in [0.25, 0.3) is 5.91 Å². The third-order valence-electron chi connectivity index (χ3n) is 6.27. The molecular weight excluding hydrogens is 408 g/mol. The number of aromatic nitrogens is 2. The second-order valence-electron chi connectivity index (χ2n) is 8.74. The summed E-state index contributed by atoms with van der Waals surface area (Å²) in [6.45, 7) is 4.78. The second-order valence-corrected chi connectivity index (χ2v) is 9.15. The molecule has 1 amide bonds. The molecule has 1 N–H and O–H groups in total. The van der Waals surface area contributed by atoms with E-state index in [4.69, 9.17) is 11.6 Å². The van der Waals surface area contributed by atoms with Gasteiger partial charge in [-0.05, 0) is 49.4 Å². The molecular formula is C25H27ClN4O. The Labute approximate surface area is 188 Å². The first-order valence-electron chi connectivity index (χ1n) is 11.0.